The molecule has 5 nitrogen and oxygen atoms in total. The molecule has 0 aliphatic heterocycles. The number of anilines is 1. The van der Waals surface area contributed by atoms with Crippen molar-refractivity contribution in [2.24, 2.45) is 5.41 Å². The quantitative estimate of drug-likeness (QED) is 0.837. The van der Waals surface area contributed by atoms with Gasteiger partial charge in [-0.15, -0.1) is 0 Å². The van der Waals surface area contributed by atoms with Crippen molar-refractivity contribution in [2.45, 2.75) is 26.7 Å². The molecule has 0 spiro atoms. The first-order valence-corrected chi connectivity index (χ1v) is 6.72. The lowest BCUT2D eigenvalue weighted by molar-refractivity contribution is -0.123. The van der Waals surface area contributed by atoms with E-state index in [0.717, 1.165) is 12.8 Å². The largest absolute Gasteiger partial charge is 0.478 e. The first-order chi connectivity index (χ1) is 9.48. The zero-order valence-electron chi connectivity index (χ0n) is 11.7. The summed E-state index contributed by atoms with van der Waals surface area (Å²) in [5, 5.41) is 11.9. The molecule has 0 radical (unpaired) electrons. The molecule has 0 atom stereocenters. The van der Waals surface area contributed by atoms with Crippen LogP contribution in [0.5, 0.6) is 0 Å². The van der Waals surface area contributed by atoms with Crippen LogP contribution in [0.3, 0.4) is 0 Å². The molecule has 1 aromatic rings. The number of aryl methyl sites for hydroxylation is 1. The molecule has 2 rings (SSSR count). The second kappa shape index (κ2) is 5.63. The highest BCUT2D eigenvalue weighted by atomic mass is 16.5. The van der Waals surface area contributed by atoms with Gasteiger partial charge in [-0.3, -0.25) is 4.79 Å². The van der Waals surface area contributed by atoms with Crippen LogP contribution in [0.4, 0.5) is 5.69 Å². The predicted octanol–water partition coefficient (Wildman–Crippen LogP) is 2.45. The van der Waals surface area contributed by atoms with Crippen molar-refractivity contribution in [1.29, 1.82) is 0 Å². The normalized spacial score (nSPS) is 15.7. The van der Waals surface area contributed by atoms with Crippen molar-refractivity contribution in [3.8, 4) is 0 Å². The van der Waals surface area contributed by atoms with Gasteiger partial charge >= 0.3 is 5.97 Å². The number of carboxylic acids is 1. The molecule has 5 heteroatoms. The first kappa shape index (κ1) is 14.5. The Bertz CT molecular complexity index is 535. The number of hydrogen-bond donors (Lipinski definition) is 2. The van der Waals surface area contributed by atoms with Crippen LogP contribution in [0.1, 0.15) is 35.7 Å². The Morgan fingerprint density at radius 2 is 2.10 bits per heavy atom. The zero-order valence-corrected chi connectivity index (χ0v) is 11.7. The lowest BCUT2D eigenvalue weighted by atomic mass is 10.1. The minimum absolute atomic E-state index is 0.0915. The fourth-order valence-electron chi connectivity index (χ4n) is 2.08. The van der Waals surface area contributed by atoms with Gasteiger partial charge in [-0.1, -0.05) is 6.07 Å². The van der Waals surface area contributed by atoms with Crippen molar-refractivity contribution in [1.82, 2.24) is 0 Å². The summed E-state index contributed by atoms with van der Waals surface area (Å²) in [6.45, 7) is 4.63. The van der Waals surface area contributed by atoms with E-state index in [0.29, 0.717) is 24.5 Å². The average molecular weight is 277 g/mol. The van der Waals surface area contributed by atoms with Gasteiger partial charge in [-0.25, -0.2) is 4.79 Å². The van der Waals surface area contributed by atoms with Gasteiger partial charge in [0.1, 0.15) is 0 Å². The molecule has 1 amide bonds. The molecular formula is C15H19NO4. The SMILES string of the molecule is CCOCC1(C(=O)Nc2ccc(C)c(C(=O)O)c2)CC1. The van der Waals surface area contributed by atoms with Crippen molar-refractivity contribution in [3.05, 3.63) is 29.3 Å². The maximum Gasteiger partial charge on any atom is 0.336 e. The molecule has 1 aliphatic carbocycles. The van der Waals surface area contributed by atoms with Gasteiger partial charge in [-0.05, 0) is 44.4 Å². The lowest BCUT2D eigenvalue weighted by Crippen LogP contribution is -2.28. The number of hydrogen-bond acceptors (Lipinski definition) is 3. The minimum atomic E-state index is -0.992. The van der Waals surface area contributed by atoms with Crippen molar-refractivity contribution < 1.29 is 19.4 Å². The van der Waals surface area contributed by atoms with E-state index in [1.54, 1.807) is 19.1 Å². The Hall–Kier alpha value is -1.88. The van der Waals surface area contributed by atoms with E-state index >= 15 is 0 Å². The molecule has 0 aromatic heterocycles. The maximum atomic E-state index is 12.2. The molecule has 1 aliphatic rings. The maximum absolute atomic E-state index is 12.2. The van der Waals surface area contributed by atoms with Gasteiger partial charge in [0, 0.05) is 12.3 Å². The molecule has 108 valence electrons. The summed E-state index contributed by atoms with van der Waals surface area (Å²) in [4.78, 5) is 23.3. The summed E-state index contributed by atoms with van der Waals surface area (Å²) in [5.74, 6) is -1.08. The fourth-order valence-corrected chi connectivity index (χ4v) is 2.08. The molecular weight excluding hydrogens is 258 g/mol. The number of carboxylic acid groups (broad SMARTS) is 1. The highest BCUT2D eigenvalue weighted by molar-refractivity contribution is 5.98. The molecule has 0 saturated heterocycles. The predicted molar refractivity (Wildman–Crippen MR) is 74.9 cm³/mol. The van der Waals surface area contributed by atoms with E-state index in [9.17, 15) is 9.59 Å². The summed E-state index contributed by atoms with van der Waals surface area (Å²) in [5.41, 5.74) is 0.966. The molecule has 1 fully saturated rings. The lowest BCUT2D eigenvalue weighted by Gasteiger charge is -2.15. The van der Waals surface area contributed by atoms with Gasteiger partial charge in [0.2, 0.25) is 5.91 Å². The Labute approximate surface area is 117 Å². The molecule has 1 aromatic carbocycles. The van der Waals surface area contributed by atoms with Crippen LogP contribution in [-0.4, -0.2) is 30.2 Å². The summed E-state index contributed by atoms with van der Waals surface area (Å²) < 4.78 is 5.35. The average Bonchev–Trinajstić information content (AvgIpc) is 3.19. The summed E-state index contributed by atoms with van der Waals surface area (Å²) >= 11 is 0. The number of carbonyl (C=O) groups excluding carboxylic acids is 1. The van der Waals surface area contributed by atoms with Crippen molar-refractivity contribution in [3.63, 3.8) is 0 Å². The second-order valence-corrected chi connectivity index (χ2v) is 5.21. The highest BCUT2D eigenvalue weighted by Gasteiger charge is 2.50. The molecule has 0 unspecified atom stereocenters. The number of ether oxygens (including phenoxy) is 1. The smallest absolute Gasteiger partial charge is 0.336 e. The summed E-state index contributed by atoms with van der Waals surface area (Å²) in [6, 6.07) is 4.91. The Balaban J connectivity index is 2.09. The second-order valence-electron chi connectivity index (χ2n) is 5.21. The van der Waals surface area contributed by atoms with Crippen molar-refractivity contribution >= 4 is 17.6 Å². The number of nitrogens with one attached hydrogen (secondary N) is 1. The standard InChI is InChI=1S/C15H19NO4/c1-3-20-9-15(6-7-15)14(19)16-11-5-4-10(2)12(8-11)13(17)18/h4-5,8H,3,6-7,9H2,1-2H3,(H,16,19)(H,17,18). The van der Waals surface area contributed by atoms with Crippen LogP contribution in [0.15, 0.2) is 18.2 Å². The van der Waals surface area contributed by atoms with Crippen LogP contribution in [-0.2, 0) is 9.53 Å². The van der Waals surface area contributed by atoms with Gasteiger partial charge < -0.3 is 15.2 Å². The molecule has 20 heavy (non-hydrogen) atoms. The third kappa shape index (κ3) is 2.99. The Morgan fingerprint density at radius 3 is 2.65 bits per heavy atom. The first-order valence-electron chi connectivity index (χ1n) is 6.72. The highest BCUT2D eigenvalue weighted by Crippen LogP contribution is 2.46. The Kier molecular flexibility index (Phi) is 4.09. The number of rotatable bonds is 6. The summed E-state index contributed by atoms with van der Waals surface area (Å²) in [6.07, 6.45) is 1.63. The van der Waals surface area contributed by atoms with Gasteiger partial charge in [0.05, 0.1) is 17.6 Å². The summed E-state index contributed by atoms with van der Waals surface area (Å²) in [7, 11) is 0. The van der Waals surface area contributed by atoms with E-state index in [1.165, 1.54) is 6.07 Å². The number of benzene rings is 1. The minimum Gasteiger partial charge on any atom is -0.478 e. The van der Waals surface area contributed by atoms with Crippen molar-refractivity contribution in [2.75, 3.05) is 18.5 Å². The van der Waals surface area contributed by atoms with Gasteiger partial charge in [0.15, 0.2) is 0 Å². The van der Waals surface area contributed by atoms with Gasteiger partial charge in [0.25, 0.3) is 0 Å². The number of amides is 1. The van der Waals surface area contributed by atoms with Crippen LogP contribution >= 0.6 is 0 Å². The number of aromatic carboxylic acids is 1. The third-order valence-electron chi connectivity index (χ3n) is 3.64. The van der Waals surface area contributed by atoms with Crippen LogP contribution < -0.4 is 5.32 Å². The Morgan fingerprint density at radius 1 is 1.40 bits per heavy atom. The molecule has 0 heterocycles. The topological polar surface area (TPSA) is 75.6 Å². The van der Waals surface area contributed by atoms with E-state index in [4.69, 9.17) is 9.84 Å². The molecule has 0 bridgehead atoms. The molecule has 1 saturated carbocycles. The van der Waals surface area contributed by atoms with Crippen LogP contribution in [0.25, 0.3) is 0 Å². The van der Waals surface area contributed by atoms with Crippen LogP contribution in [0, 0.1) is 12.3 Å². The van der Waals surface area contributed by atoms with E-state index in [1.807, 2.05) is 6.92 Å². The van der Waals surface area contributed by atoms with E-state index in [-0.39, 0.29) is 11.5 Å². The van der Waals surface area contributed by atoms with Gasteiger partial charge in [-0.2, -0.15) is 0 Å². The number of carbonyl (C=O) groups is 2. The zero-order chi connectivity index (χ0) is 14.8. The third-order valence-corrected chi connectivity index (χ3v) is 3.64. The fraction of sp³-hybridized carbons (Fsp3) is 0.467. The van der Waals surface area contributed by atoms with E-state index in [2.05, 4.69) is 5.32 Å². The van der Waals surface area contributed by atoms with Crippen LogP contribution in [0.2, 0.25) is 0 Å². The van der Waals surface area contributed by atoms with E-state index < -0.39 is 11.4 Å². The molecule has 2 N–H and O–H groups in total. The monoisotopic (exact) mass is 277 g/mol.